The molecule has 0 bridgehead atoms. The lowest BCUT2D eigenvalue weighted by molar-refractivity contribution is 0.564. The molecule has 0 aliphatic carbocycles. The number of furan rings is 1. The quantitative estimate of drug-likeness (QED) is 0.795. The van der Waals surface area contributed by atoms with Crippen LogP contribution in [0.5, 0.6) is 0 Å². The lowest BCUT2D eigenvalue weighted by Gasteiger charge is -2.04. The minimum Gasteiger partial charge on any atom is -0.472 e. The average molecular weight is 219 g/mol. The van der Waals surface area contributed by atoms with Crippen molar-refractivity contribution < 1.29 is 4.42 Å². The maximum Gasteiger partial charge on any atom is 0.0952 e. The summed E-state index contributed by atoms with van der Waals surface area (Å²) < 4.78 is 5.00. The van der Waals surface area contributed by atoms with Crippen molar-refractivity contribution in [3.05, 3.63) is 48.4 Å². The third kappa shape index (κ3) is 2.80. The molecule has 1 heterocycles. The van der Waals surface area contributed by atoms with Crippen LogP contribution < -0.4 is 5.32 Å². The maximum absolute atomic E-state index is 5.00. The molecule has 15 heavy (non-hydrogen) atoms. The zero-order valence-electron chi connectivity index (χ0n) is 8.57. The SMILES string of the molecule is CSc1ccc(NCc2ccoc2)cc1. The molecule has 0 saturated carbocycles. The van der Waals surface area contributed by atoms with E-state index in [-0.39, 0.29) is 0 Å². The van der Waals surface area contributed by atoms with Crippen molar-refractivity contribution in [3.8, 4) is 0 Å². The Kier molecular flexibility index (Phi) is 3.35. The number of anilines is 1. The molecule has 0 radical (unpaired) electrons. The van der Waals surface area contributed by atoms with Gasteiger partial charge in [0, 0.05) is 22.7 Å². The summed E-state index contributed by atoms with van der Waals surface area (Å²) in [4.78, 5) is 1.28. The second kappa shape index (κ2) is 4.94. The van der Waals surface area contributed by atoms with Crippen LogP contribution >= 0.6 is 11.8 Å². The van der Waals surface area contributed by atoms with Crippen LogP contribution in [0.1, 0.15) is 5.56 Å². The molecule has 1 N–H and O–H groups in total. The van der Waals surface area contributed by atoms with Crippen molar-refractivity contribution in [3.63, 3.8) is 0 Å². The molecule has 0 spiro atoms. The number of nitrogens with one attached hydrogen (secondary N) is 1. The predicted molar refractivity (Wildman–Crippen MR) is 64.3 cm³/mol. The van der Waals surface area contributed by atoms with Crippen LogP contribution in [0.2, 0.25) is 0 Å². The molecule has 0 fully saturated rings. The van der Waals surface area contributed by atoms with Gasteiger partial charge in [0.25, 0.3) is 0 Å². The third-order valence-electron chi connectivity index (χ3n) is 2.17. The zero-order chi connectivity index (χ0) is 10.5. The summed E-state index contributed by atoms with van der Waals surface area (Å²) in [5.41, 5.74) is 2.29. The molecule has 0 unspecified atom stereocenters. The molecule has 2 rings (SSSR count). The summed E-state index contributed by atoms with van der Waals surface area (Å²) >= 11 is 1.75. The van der Waals surface area contributed by atoms with Crippen LogP contribution in [0.3, 0.4) is 0 Å². The van der Waals surface area contributed by atoms with Gasteiger partial charge in [-0.15, -0.1) is 11.8 Å². The van der Waals surface area contributed by atoms with Crippen LogP contribution in [0, 0.1) is 0 Å². The highest BCUT2D eigenvalue weighted by atomic mass is 32.2. The van der Waals surface area contributed by atoms with Gasteiger partial charge in [0.05, 0.1) is 12.5 Å². The fourth-order valence-electron chi connectivity index (χ4n) is 1.31. The van der Waals surface area contributed by atoms with Crippen molar-refractivity contribution in [2.24, 2.45) is 0 Å². The normalized spacial score (nSPS) is 10.2. The lowest BCUT2D eigenvalue weighted by atomic mass is 10.3. The Morgan fingerprint density at radius 3 is 2.60 bits per heavy atom. The van der Waals surface area contributed by atoms with Gasteiger partial charge in [-0.1, -0.05) is 0 Å². The minimum atomic E-state index is 0.801. The Bertz CT molecular complexity index is 394. The average Bonchev–Trinajstić information content (AvgIpc) is 2.80. The monoisotopic (exact) mass is 219 g/mol. The van der Waals surface area contributed by atoms with E-state index in [0.29, 0.717) is 0 Å². The van der Waals surface area contributed by atoms with E-state index in [4.69, 9.17) is 4.42 Å². The Hall–Kier alpha value is -1.35. The maximum atomic E-state index is 5.00. The van der Waals surface area contributed by atoms with Crippen LogP contribution in [0.4, 0.5) is 5.69 Å². The lowest BCUT2D eigenvalue weighted by Crippen LogP contribution is -1.97. The van der Waals surface area contributed by atoms with E-state index in [9.17, 15) is 0 Å². The largest absolute Gasteiger partial charge is 0.472 e. The summed E-state index contributed by atoms with van der Waals surface area (Å²) in [5.74, 6) is 0. The van der Waals surface area contributed by atoms with E-state index >= 15 is 0 Å². The Balaban J connectivity index is 1.93. The first-order valence-corrected chi connectivity index (χ1v) is 6.00. The van der Waals surface area contributed by atoms with Gasteiger partial charge >= 0.3 is 0 Å². The van der Waals surface area contributed by atoms with Gasteiger partial charge in [-0.2, -0.15) is 0 Å². The molecule has 3 heteroatoms. The summed E-state index contributed by atoms with van der Waals surface area (Å²) in [6, 6.07) is 10.4. The van der Waals surface area contributed by atoms with Crippen LogP contribution in [-0.4, -0.2) is 6.26 Å². The van der Waals surface area contributed by atoms with E-state index in [1.807, 2.05) is 6.07 Å². The molecule has 1 aromatic heterocycles. The molecule has 0 amide bonds. The summed E-state index contributed by atoms with van der Waals surface area (Å²) in [5, 5.41) is 3.33. The van der Waals surface area contributed by atoms with Crippen LogP contribution in [0.15, 0.2) is 52.2 Å². The van der Waals surface area contributed by atoms with Gasteiger partial charge in [0.1, 0.15) is 0 Å². The van der Waals surface area contributed by atoms with Gasteiger partial charge in [-0.3, -0.25) is 0 Å². The van der Waals surface area contributed by atoms with E-state index in [2.05, 4.69) is 35.8 Å². The van der Waals surface area contributed by atoms with Crippen LogP contribution in [-0.2, 0) is 6.54 Å². The van der Waals surface area contributed by atoms with Gasteiger partial charge in [0.15, 0.2) is 0 Å². The fourth-order valence-corrected chi connectivity index (χ4v) is 1.71. The van der Waals surface area contributed by atoms with Gasteiger partial charge < -0.3 is 9.73 Å². The molecule has 1 aromatic carbocycles. The summed E-state index contributed by atoms with van der Waals surface area (Å²) in [6.45, 7) is 0.801. The second-order valence-electron chi connectivity index (χ2n) is 3.21. The Morgan fingerprint density at radius 2 is 2.00 bits per heavy atom. The molecule has 2 nitrogen and oxygen atoms in total. The Labute approximate surface area is 93.7 Å². The molecular weight excluding hydrogens is 206 g/mol. The standard InChI is InChI=1S/C12H13NOS/c1-15-12-4-2-11(3-5-12)13-8-10-6-7-14-9-10/h2-7,9,13H,8H2,1H3. The fraction of sp³-hybridized carbons (Fsp3) is 0.167. The minimum absolute atomic E-state index is 0.801. The first-order valence-electron chi connectivity index (χ1n) is 4.77. The molecular formula is C12H13NOS. The predicted octanol–water partition coefficient (Wildman–Crippen LogP) is 3.61. The molecule has 0 saturated heterocycles. The smallest absolute Gasteiger partial charge is 0.0952 e. The number of hydrogen-bond acceptors (Lipinski definition) is 3. The second-order valence-corrected chi connectivity index (χ2v) is 4.09. The number of hydrogen-bond donors (Lipinski definition) is 1. The first kappa shape index (κ1) is 10.2. The van der Waals surface area contributed by atoms with E-state index < -0.39 is 0 Å². The first-order chi connectivity index (χ1) is 7.38. The molecule has 2 aromatic rings. The van der Waals surface area contributed by atoms with Crippen LogP contribution in [0.25, 0.3) is 0 Å². The van der Waals surface area contributed by atoms with Gasteiger partial charge in [-0.25, -0.2) is 0 Å². The van der Waals surface area contributed by atoms with Crippen molar-refractivity contribution in [1.82, 2.24) is 0 Å². The van der Waals surface area contributed by atoms with Crippen molar-refractivity contribution in [2.45, 2.75) is 11.4 Å². The third-order valence-corrected chi connectivity index (χ3v) is 2.91. The Morgan fingerprint density at radius 1 is 1.20 bits per heavy atom. The number of thioether (sulfide) groups is 1. The highest BCUT2D eigenvalue weighted by Crippen LogP contribution is 2.17. The summed E-state index contributed by atoms with van der Waals surface area (Å²) in [7, 11) is 0. The highest BCUT2D eigenvalue weighted by molar-refractivity contribution is 7.98. The van der Waals surface area contributed by atoms with E-state index in [1.54, 1.807) is 24.3 Å². The van der Waals surface area contributed by atoms with E-state index in [1.165, 1.54) is 4.90 Å². The number of benzene rings is 1. The molecule has 78 valence electrons. The van der Waals surface area contributed by atoms with E-state index in [0.717, 1.165) is 17.8 Å². The topological polar surface area (TPSA) is 25.2 Å². The highest BCUT2D eigenvalue weighted by Gasteiger charge is 1.95. The van der Waals surface area contributed by atoms with Crippen molar-refractivity contribution in [1.29, 1.82) is 0 Å². The van der Waals surface area contributed by atoms with Gasteiger partial charge in [-0.05, 0) is 36.6 Å². The molecule has 0 aliphatic rings. The van der Waals surface area contributed by atoms with Crippen molar-refractivity contribution in [2.75, 3.05) is 11.6 Å². The zero-order valence-corrected chi connectivity index (χ0v) is 9.38. The van der Waals surface area contributed by atoms with Gasteiger partial charge in [0.2, 0.25) is 0 Å². The summed E-state index contributed by atoms with van der Waals surface area (Å²) in [6.07, 6.45) is 5.52. The molecule has 0 atom stereocenters. The van der Waals surface area contributed by atoms with Crippen molar-refractivity contribution >= 4 is 17.4 Å². The number of rotatable bonds is 4. The molecule has 0 aliphatic heterocycles.